The number of carbonyl (C=O) groups is 1. The third kappa shape index (κ3) is 6.62. The number of rotatable bonds is 4. The number of aromatic nitrogens is 4. The molecule has 0 spiro atoms. The molecule has 9 nitrogen and oxygen atoms in total. The molecule has 0 saturated heterocycles. The van der Waals surface area contributed by atoms with E-state index in [2.05, 4.69) is 5.32 Å². The number of nitrogens with one attached hydrogen (secondary N) is 1. The highest BCUT2D eigenvalue weighted by molar-refractivity contribution is 6.35. The molecule has 3 N–H and O–H groups in total. The van der Waals surface area contributed by atoms with E-state index in [-0.39, 0.29) is 65.1 Å². The number of nitrogens with zero attached hydrogens (tertiary/aromatic N) is 4. The van der Waals surface area contributed by atoms with Gasteiger partial charge >= 0.3 is 0 Å². The molecule has 0 fully saturated rings. The highest BCUT2D eigenvalue weighted by Gasteiger charge is 2.26. The Morgan fingerprint density at radius 2 is 1.10 bits per heavy atom. The maximum Gasteiger partial charge on any atom is 0.276 e. The smallest absolute Gasteiger partial charge is 0.276 e. The quantitative estimate of drug-likeness (QED) is 0.181. The van der Waals surface area contributed by atoms with Crippen molar-refractivity contribution < 1.29 is 18.0 Å². The van der Waals surface area contributed by atoms with Gasteiger partial charge in [-0.3, -0.25) is 23.7 Å². The second-order valence-electron chi connectivity index (χ2n) is 11.5. The van der Waals surface area contributed by atoms with E-state index in [9.17, 15) is 27.6 Å². The molecular weight excluding hydrogens is 727 g/mol. The van der Waals surface area contributed by atoms with Gasteiger partial charge in [-0.1, -0.05) is 46.4 Å². The Morgan fingerprint density at radius 1 is 0.653 bits per heavy atom. The van der Waals surface area contributed by atoms with Crippen LogP contribution in [0.5, 0.6) is 0 Å². The number of halogens is 7. The lowest BCUT2D eigenvalue weighted by Crippen LogP contribution is -2.27. The van der Waals surface area contributed by atoms with Gasteiger partial charge in [-0.2, -0.15) is 0 Å². The number of nitrogens with two attached hydrogens (primary N) is 1. The summed E-state index contributed by atoms with van der Waals surface area (Å²) in [5.74, 6) is -2.36. The second-order valence-corrected chi connectivity index (χ2v) is 13.0. The summed E-state index contributed by atoms with van der Waals surface area (Å²) in [6.07, 6.45) is 3.56. The number of fused-ring (bicyclic) bond motifs is 2. The Labute approximate surface area is 297 Å². The number of hydrogen-bond donors (Lipinski definition) is 2. The third-order valence-electron chi connectivity index (χ3n) is 8.36. The zero-order valence-electron chi connectivity index (χ0n) is 25.5. The molecule has 3 aromatic carbocycles. The van der Waals surface area contributed by atoms with Gasteiger partial charge in [-0.05, 0) is 74.2 Å². The van der Waals surface area contributed by atoms with Gasteiger partial charge in [0.2, 0.25) is 0 Å². The lowest BCUT2D eigenvalue weighted by atomic mass is 10.1. The van der Waals surface area contributed by atoms with Crippen LogP contribution in [0.3, 0.4) is 0 Å². The average molecular weight is 754 g/mol. The Bertz CT molecular complexity index is 2230. The minimum absolute atomic E-state index is 0.0278. The first-order valence-electron chi connectivity index (χ1n) is 15.2. The fourth-order valence-electron chi connectivity index (χ4n) is 5.89. The number of hydrogen-bond acceptors (Lipinski definition) is 4. The van der Waals surface area contributed by atoms with Gasteiger partial charge < -0.3 is 11.1 Å². The van der Waals surface area contributed by atoms with Crippen LogP contribution < -0.4 is 22.2 Å². The lowest BCUT2D eigenvalue weighted by molar-refractivity contribution is 0.102. The molecule has 16 heteroatoms. The predicted molar refractivity (Wildman–Crippen MR) is 185 cm³/mol. The molecule has 5 aromatic rings. The summed E-state index contributed by atoms with van der Waals surface area (Å²) in [6, 6.07) is 9.69. The van der Waals surface area contributed by atoms with Crippen LogP contribution in [0, 0.1) is 17.5 Å². The normalized spacial score (nSPS) is 13.7. The maximum absolute atomic E-state index is 14.7. The zero-order chi connectivity index (χ0) is 35.1. The van der Waals surface area contributed by atoms with E-state index < -0.39 is 28.9 Å². The highest BCUT2D eigenvalue weighted by Crippen LogP contribution is 2.36. The number of benzene rings is 3. The number of amides is 1. The van der Waals surface area contributed by atoms with Gasteiger partial charge in [0.1, 0.15) is 27.8 Å². The molecule has 7 rings (SSSR count). The van der Waals surface area contributed by atoms with Gasteiger partial charge in [0.15, 0.2) is 0 Å². The van der Waals surface area contributed by atoms with Gasteiger partial charge in [-0.25, -0.2) is 22.5 Å². The summed E-state index contributed by atoms with van der Waals surface area (Å²) >= 11 is 24.5. The molecule has 2 aliphatic rings. The summed E-state index contributed by atoms with van der Waals surface area (Å²) < 4.78 is 48.2. The monoisotopic (exact) mass is 752 g/mol. The standard InChI is InChI=1S/C20H15Cl2F2N3O2.C13H12Cl2FN3O/c21-14-10-15(24)13(17-18(22)26-7-1-2-8-27(26)20(17)29)9-16(14)25-19(28)11-3-5-12(23)6-4-11;14-8-6-9(16)7(5-10(8)17)11-12(15)18-3-1-2-4-19(18)13(11)20/h3-6,9-10H,1-2,7-8H2,(H,25,28);5-6H,1-4,17H2. The fourth-order valence-corrected chi connectivity index (χ4v) is 6.96. The molecular formula is C33H27Cl4F3N6O3. The maximum atomic E-state index is 14.7. The first-order valence-corrected chi connectivity index (χ1v) is 16.7. The van der Waals surface area contributed by atoms with Crippen molar-refractivity contribution in [2.45, 2.75) is 51.9 Å². The molecule has 0 unspecified atom stereocenters. The van der Waals surface area contributed by atoms with Gasteiger partial charge in [0, 0.05) is 42.9 Å². The lowest BCUT2D eigenvalue weighted by Gasteiger charge is -2.17. The summed E-state index contributed by atoms with van der Waals surface area (Å²) in [6.45, 7) is 2.31. The number of nitrogen functional groups attached to an aromatic ring is 1. The molecule has 256 valence electrons. The van der Waals surface area contributed by atoms with E-state index in [1.165, 1.54) is 28.9 Å². The second kappa shape index (κ2) is 14.0. The zero-order valence-corrected chi connectivity index (χ0v) is 28.5. The Hall–Kier alpha value is -4.10. The van der Waals surface area contributed by atoms with Crippen LogP contribution in [-0.4, -0.2) is 24.6 Å². The van der Waals surface area contributed by atoms with E-state index in [1.807, 2.05) is 0 Å². The van der Waals surface area contributed by atoms with Crippen molar-refractivity contribution in [3.8, 4) is 22.3 Å². The van der Waals surface area contributed by atoms with E-state index in [0.717, 1.165) is 49.9 Å². The molecule has 2 aromatic heterocycles. The first kappa shape index (κ1) is 34.8. The molecule has 1 amide bonds. The summed E-state index contributed by atoms with van der Waals surface area (Å²) in [5.41, 5.74) is 5.75. The van der Waals surface area contributed by atoms with Gasteiger partial charge in [0.05, 0.1) is 32.5 Å². The van der Waals surface area contributed by atoms with Crippen LogP contribution in [0.15, 0.2) is 58.1 Å². The van der Waals surface area contributed by atoms with Gasteiger partial charge in [-0.15, -0.1) is 0 Å². The minimum atomic E-state index is -0.725. The number of anilines is 2. The van der Waals surface area contributed by atoms with Crippen LogP contribution in [-0.2, 0) is 26.2 Å². The molecule has 0 aliphatic carbocycles. The third-order valence-corrected chi connectivity index (χ3v) is 9.77. The van der Waals surface area contributed by atoms with Crippen LogP contribution >= 0.6 is 46.4 Å². The first-order chi connectivity index (χ1) is 23.4. The largest absolute Gasteiger partial charge is 0.398 e. The van der Waals surface area contributed by atoms with E-state index in [0.29, 0.717) is 26.2 Å². The Morgan fingerprint density at radius 3 is 1.59 bits per heavy atom. The van der Waals surface area contributed by atoms with Crippen LogP contribution in [0.1, 0.15) is 36.0 Å². The van der Waals surface area contributed by atoms with Crippen molar-refractivity contribution in [1.29, 1.82) is 0 Å². The van der Waals surface area contributed by atoms with E-state index in [1.54, 1.807) is 14.0 Å². The highest BCUT2D eigenvalue weighted by atomic mass is 35.5. The van der Waals surface area contributed by atoms with Crippen molar-refractivity contribution in [3.63, 3.8) is 0 Å². The topological polar surface area (TPSA) is 109 Å². The Balaban J connectivity index is 0.000000182. The summed E-state index contributed by atoms with van der Waals surface area (Å²) in [4.78, 5) is 37.6. The molecule has 0 saturated carbocycles. The van der Waals surface area contributed by atoms with Crippen molar-refractivity contribution in [3.05, 3.63) is 113 Å². The van der Waals surface area contributed by atoms with Crippen LogP contribution in [0.25, 0.3) is 22.3 Å². The molecule has 49 heavy (non-hydrogen) atoms. The van der Waals surface area contributed by atoms with Crippen molar-refractivity contribution in [2.75, 3.05) is 11.1 Å². The minimum Gasteiger partial charge on any atom is -0.398 e. The Kier molecular flexibility index (Phi) is 9.95. The SMILES string of the molecule is Nc1cc(-c2c(Cl)n3n(c2=O)CCCC3)c(F)cc1Cl.O=C(Nc1cc(-c2c(Cl)n3n(c2=O)CCCC3)c(F)cc1Cl)c1ccc(F)cc1. The van der Waals surface area contributed by atoms with Crippen LogP contribution in [0.2, 0.25) is 20.4 Å². The predicted octanol–water partition coefficient (Wildman–Crippen LogP) is 8.09. The van der Waals surface area contributed by atoms with Crippen molar-refractivity contribution in [2.24, 2.45) is 0 Å². The average Bonchev–Trinajstić information content (AvgIpc) is 3.49. The summed E-state index contributed by atoms with van der Waals surface area (Å²) in [7, 11) is 0. The molecule has 2 aliphatic heterocycles. The van der Waals surface area contributed by atoms with Crippen molar-refractivity contribution >= 4 is 63.7 Å². The number of carbonyl (C=O) groups excluding carboxylic acids is 1. The van der Waals surface area contributed by atoms with E-state index >= 15 is 0 Å². The summed E-state index contributed by atoms with van der Waals surface area (Å²) in [5, 5.41) is 3.03. The molecule has 4 heterocycles. The van der Waals surface area contributed by atoms with Crippen molar-refractivity contribution in [1.82, 2.24) is 18.7 Å². The molecule has 0 atom stereocenters. The van der Waals surface area contributed by atoms with Gasteiger partial charge in [0.25, 0.3) is 17.0 Å². The van der Waals surface area contributed by atoms with Crippen LogP contribution in [0.4, 0.5) is 24.5 Å². The molecule has 0 radical (unpaired) electrons. The van der Waals surface area contributed by atoms with E-state index in [4.69, 9.17) is 52.1 Å². The fraction of sp³-hybridized carbons (Fsp3) is 0.242. The molecule has 0 bridgehead atoms.